The van der Waals surface area contributed by atoms with Crippen molar-refractivity contribution in [2.24, 2.45) is 4.99 Å². The molecule has 2 heterocycles. The van der Waals surface area contributed by atoms with Crippen LogP contribution in [0.25, 0.3) is 0 Å². The number of guanidine groups is 1. The Morgan fingerprint density at radius 2 is 1.79 bits per heavy atom. The zero-order valence-electron chi connectivity index (χ0n) is 16.9. The summed E-state index contributed by atoms with van der Waals surface area (Å²) in [6, 6.07) is 12.3. The fourth-order valence-corrected chi connectivity index (χ4v) is 3.38. The number of aliphatic imine (C=N–C) groups is 1. The predicted octanol–water partition coefficient (Wildman–Crippen LogP) is 3.34. The molecule has 2 N–H and O–H groups in total. The maximum absolute atomic E-state index is 5.27. The second kappa shape index (κ2) is 10.5. The van der Waals surface area contributed by atoms with Crippen LogP contribution in [0.5, 0.6) is 5.75 Å². The molecule has 1 aromatic carbocycles. The number of anilines is 1. The Labute approximate surface area is 168 Å². The normalized spacial score (nSPS) is 15.1. The Kier molecular flexibility index (Phi) is 7.53. The molecule has 0 atom stereocenters. The van der Waals surface area contributed by atoms with E-state index >= 15 is 0 Å². The summed E-state index contributed by atoms with van der Waals surface area (Å²) >= 11 is 0. The van der Waals surface area contributed by atoms with Gasteiger partial charge in [0.1, 0.15) is 11.6 Å². The maximum atomic E-state index is 5.27. The van der Waals surface area contributed by atoms with Crippen LogP contribution in [0, 0.1) is 0 Å². The molecule has 0 saturated carbocycles. The molecule has 1 saturated heterocycles. The third-order valence-corrected chi connectivity index (χ3v) is 5.02. The van der Waals surface area contributed by atoms with Gasteiger partial charge in [0.15, 0.2) is 5.96 Å². The number of nitrogens with one attached hydrogen (secondary N) is 2. The van der Waals surface area contributed by atoms with Gasteiger partial charge >= 0.3 is 0 Å². The predicted molar refractivity (Wildman–Crippen MR) is 115 cm³/mol. The molecule has 2 aromatic rings. The van der Waals surface area contributed by atoms with Crippen LogP contribution in [-0.2, 0) is 13.1 Å². The van der Waals surface area contributed by atoms with Crippen LogP contribution in [0.2, 0.25) is 0 Å². The largest absolute Gasteiger partial charge is 0.497 e. The van der Waals surface area contributed by atoms with Crippen molar-refractivity contribution in [2.45, 2.75) is 38.8 Å². The van der Waals surface area contributed by atoms with E-state index in [1.54, 1.807) is 14.2 Å². The fraction of sp³-hybridized carbons (Fsp3) is 0.455. The Hall–Kier alpha value is -2.76. The average Bonchev–Trinajstić information content (AvgIpc) is 3.04. The average molecular weight is 382 g/mol. The van der Waals surface area contributed by atoms with E-state index in [-0.39, 0.29) is 0 Å². The lowest BCUT2D eigenvalue weighted by Crippen LogP contribution is -2.36. The first-order chi connectivity index (χ1) is 13.8. The summed E-state index contributed by atoms with van der Waals surface area (Å²) in [4.78, 5) is 11.4. The Morgan fingerprint density at radius 3 is 2.43 bits per heavy atom. The van der Waals surface area contributed by atoms with Crippen molar-refractivity contribution in [3.05, 3.63) is 53.7 Å². The first-order valence-electron chi connectivity index (χ1n) is 10.1. The third kappa shape index (κ3) is 5.87. The van der Waals surface area contributed by atoms with Crippen molar-refractivity contribution < 1.29 is 4.74 Å². The van der Waals surface area contributed by atoms with Crippen molar-refractivity contribution in [3.8, 4) is 5.75 Å². The highest BCUT2D eigenvalue weighted by Crippen LogP contribution is 2.17. The highest BCUT2D eigenvalue weighted by atomic mass is 16.5. The van der Waals surface area contributed by atoms with Gasteiger partial charge in [-0.25, -0.2) is 4.98 Å². The van der Waals surface area contributed by atoms with E-state index in [1.807, 2.05) is 24.4 Å². The lowest BCUT2D eigenvalue weighted by Gasteiger charge is -2.21. The van der Waals surface area contributed by atoms with Crippen molar-refractivity contribution in [1.82, 2.24) is 15.6 Å². The second-order valence-electron chi connectivity index (χ2n) is 7.06. The van der Waals surface area contributed by atoms with E-state index in [4.69, 9.17) is 4.74 Å². The molecule has 0 spiro atoms. The lowest BCUT2D eigenvalue weighted by molar-refractivity contribution is 0.414. The number of ether oxygens (including phenoxy) is 1. The summed E-state index contributed by atoms with van der Waals surface area (Å²) < 4.78 is 5.27. The van der Waals surface area contributed by atoms with Gasteiger partial charge in [0.2, 0.25) is 0 Å². The molecule has 0 aliphatic carbocycles. The Balaban J connectivity index is 1.49. The fourth-order valence-electron chi connectivity index (χ4n) is 3.38. The molecule has 6 heteroatoms. The molecule has 6 nitrogen and oxygen atoms in total. The summed E-state index contributed by atoms with van der Waals surface area (Å²) in [7, 11) is 3.46. The number of rotatable bonds is 6. The van der Waals surface area contributed by atoms with Gasteiger partial charge < -0.3 is 20.3 Å². The van der Waals surface area contributed by atoms with Gasteiger partial charge in [-0.1, -0.05) is 31.0 Å². The highest BCUT2D eigenvalue weighted by molar-refractivity contribution is 5.79. The first kappa shape index (κ1) is 20.0. The number of pyridine rings is 1. The second-order valence-corrected chi connectivity index (χ2v) is 7.06. The minimum absolute atomic E-state index is 0.684. The van der Waals surface area contributed by atoms with Crippen LogP contribution in [0.4, 0.5) is 5.82 Å². The van der Waals surface area contributed by atoms with Gasteiger partial charge in [-0.3, -0.25) is 4.99 Å². The minimum Gasteiger partial charge on any atom is -0.497 e. The molecular formula is C22H31N5O. The first-order valence-corrected chi connectivity index (χ1v) is 10.1. The monoisotopic (exact) mass is 381 g/mol. The number of methoxy groups -OCH3 is 1. The zero-order chi connectivity index (χ0) is 19.6. The molecule has 0 radical (unpaired) electrons. The number of nitrogens with zero attached hydrogens (tertiary/aromatic N) is 3. The Morgan fingerprint density at radius 1 is 1.04 bits per heavy atom. The smallest absolute Gasteiger partial charge is 0.191 e. The number of hydrogen-bond donors (Lipinski definition) is 2. The minimum atomic E-state index is 0.684. The van der Waals surface area contributed by atoms with Crippen molar-refractivity contribution in [1.29, 1.82) is 0 Å². The molecule has 150 valence electrons. The lowest BCUT2D eigenvalue weighted by atomic mass is 10.2. The van der Waals surface area contributed by atoms with Crippen LogP contribution in [0.1, 0.15) is 36.8 Å². The van der Waals surface area contributed by atoms with Crippen LogP contribution in [0.3, 0.4) is 0 Å². The summed E-state index contributed by atoms with van der Waals surface area (Å²) in [5.74, 6) is 2.71. The van der Waals surface area contributed by atoms with E-state index in [9.17, 15) is 0 Å². The SMILES string of the molecule is CN=C(NCc1ccc(N2CCCCCC2)nc1)NCc1cccc(OC)c1. The molecule has 1 aliphatic rings. The Bertz CT molecular complexity index is 752. The molecule has 0 unspecified atom stereocenters. The van der Waals surface area contributed by atoms with Gasteiger partial charge in [0, 0.05) is 39.4 Å². The van der Waals surface area contributed by atoms with Crippen molar-refractivity contribution in [2.75, 3.05) is 32.1 Å². The molecule has 3 rings (SSSR count). The van der Waals surface area contributed by atoms with Gasteiger partial charge in [-0.15, -0.1) is 0 Å². The summed E-state index contributed by atoms with van der Waals surface area (Å²) in [5.41, 5.74) is 2.29. The molecule has 1 aliphatic heterocycles. The van der Waals surface area contributed by atoms with E-state index in [0.717, 1.165) is 41.7 Å². The van der Waals surface area contributed by atoms with E-state index < -0.39 is 0 Å². The summed E-state index contributed by atoms with van der Waals surface area (Å²) in [6.45, 7) is 3.60. The van der Waals surface area contributed by atoms with Crippen molar-refractivity contribution >= 4 is 11.8 Å². The third-order valence-electron chi connectivity index (χ3n) is 5.02. The van der Waals surface area contributed by atoms with E-state index in [2.05, 4.69) is 43.7 Å². The molecule has 1 aromatic heterocycles. The van der Waals surface area contributed by atoms with Crippen LogP contribution in [-0.4, -0.2) is 38.2 Å². The topological polar surface area (TPSA) is 61.8 Å². The molecule has 0 amide bonds. The van der Waals surface area contributed by atoms with Gasteiger partial charge in [-0.2, -0.15) is 0 Å². The van der Waals surface area contributed by atoms with Crippen LogP contribution < -0.4 is 20.3 Å². The van der Waals surface area contributed by atoms with Crippen molar-refractivity contribution in [3.63, 3.8) is 0 Å². The molecular weight excluding hydrogens is 350 g/mol. The number of benzene rings is 1. The maximum Gasteiger partial charge on any atom is 0.191 e. The van der Waals surface area contributed by atoms with E-state index in [0.29, 0.717) is 13.1 Å². The molecule has 0 bridgehead atoms. The number of aromatic nitrogens is 1. The van der Waals surface area contributed by atoms with Gasteiger partial charge in [0.05, 0.1) is 7.11 Å². The molecule has 28 heavy (non-hydrogen) atoms. The van der Waals surface area contributed by atoms with Gasteiger partial charge in [0.25, 0.3) is 0 Å². The van der Waals surface area contributed by atoms with Crippen LogP contribution >= 0.6 is 0 Å². The molecule has 1 fully saturated rings. The van der Waals surface area contributed by atoms with E-state index in [1.165, 1.54) is 25.7 Å². The highest BCUT2D eigenvalue weighted by Gasteiger charge is 2.10. The standard InChI is InChI=1S/C22H31N5O/c1-23-22(25-15-18-8-7-9-20(14-18)28-2)26-17-19-10-11-21(24-16-19)27-12-5-3-4-6-13-27/h7-11,14,16H,3-6,12-13,15,17H2,1-2H3,(H2,23,25,26). The quantitative estimate of drug-likeness (QED) is 0.594. The zero-order valence-corrected chi connectivity index (χ0v) is 16.9. The van der Waals surface area contributed by atoms with Gasteiger partial charge in [-0.05, 0) is 42.2 Å². The van der Waals surface area contributed by atoms with Crippen LogP contribution in [0.15, 0.2) is 47.6 Å². The summed E-state index contributed by atoms with van der Waals surface area (Å²) in [5, 5.41) is 6.68. The summed E-state index contributed by atoms with van der Waals surface area (Å²) in [6.07, 6.45) is 7.16. The number of hydrogen-bond acceptors (Lipinski definition) is 4.